The van der Waals surface area contributed by atoms with Crippen LogP contribution >= 0.6 is 8.25 Å². The predicted molar refractivity (Wildman–Crippen MR) is 189 cm³/mol. The van der Waals surface area contributed by atoms with Crippen LogP contribution in [0.25, 0.3) is 0 Å². The number of H-pyrrole nitrogens is 1. The first-order valence-corrected chi connectivity index (χ1v) is 19.9. The molecule has 1 aromatic heterocycles. The molecule has 15 heteroatoms. The fraction of sp³-hybridized carbons (Fsp3) is 0.829. The van der Waals surface area contributed by atoms with E-state index < -0.39 is 56.6 Å². The lowest BCUT2D eigenvalue weighted by Gasteiger charge is -2.22. The maximum Gasteiger partial charge on any atom is 0.695 e. The Morgan fingerprint density at radius 3 is 1.84 bits per heavy atom. The lowest BCUT2D eigenvalue weighted by molar-refractivity contribution is -0.137. The van der Waals surface area contributed by atoms with Gasteiger partial charge >= 0.3 is 19.9 Å². The summed E-state index contributed by atoms with van der Waals surface area (Å²) in [6, 6.07) is 1.14. The van der Waals surface area contributed by atoms with Gasteiger partial charge in [0.05, 0.1) is 6.61 Å². The molecule has 0 spiro atoms. The van der Waals surface area contributed by atoms with Gasteiger partial charge in [-0.15, -0.1) is 9.42 Å². The first-order valence-electron chi connectivity index (χ1n) is 18.7. The normalized spacial score (nSPS) is 19.1. The van der Waals surface area contributed by atoms with E-state index in [9.17, 15) is 33.7 Å². The molecule has 0 aliphatic carbocycles. The standard InChI is InChI=1S/C35H60N3O11P/c39-27-28-32(49-50(45)46)33(34(48-28)38-25-23-30(41)37-35(38)44)47-26-20-16-15-19-24-36-29(40)21-17-13-11-9-7-5-3-1-2-4-6-8-10-12-14-18-22-31(42)43/h23,25,28,32-34,39H,1-22,24,26-27H2,(H3-,36,37,40,41,42,43,44,45,46)/p+1/t28-,32?,33+,34-/m1/s1. The van der Waals surface area contributed by atoms with Gasteiger partial charge in [0.25, 0.3) is 5.56 Å². The Labute approximate surface area is 296 Å². The van der Waals surface area contributed by atoms with E-state index in [1.165, 1.54) is 76.8 Å². The van der Waals surface area contributed by atoms with Gasteiger partial charge < -0.3 is 25.0 Å². The van der Waals surface area contributed by atoms with Crippen molar-refractivity contribution >= 4 is 20.1 Å². The maximum absolute atomic E-state index is 12.3. The number of carboxylic acid groups (broad SMARTS) is 1. The third kappa shape index (κ3) is 19.2. The highest BCUT2D eigenvalue weighted by atomic mass is 31.1. The van der Waals surface area contributed by atoms with Gasteiger partial charge in [-0.1, -0.05) is 103 Å². The summed E-state index contributed by atoms with van der Waals surface area (Å²) < 4.78 is 29.3. The van der Waals surface area contributed by atoms with E-state index in [-0.39, 0.29) is 12.5 Å². The average molecular weight is 731 g/mol. The fourth-order valence-corrected chi connectivity index (χ4v) is 6.73. The zero-order valence-corrected chi connectivity index (χ0v) is 30.5. The van der Waals surface area contributed by atoms with Crippen molar-refractivity contribution in [1.82, 2.24) is 14.9 Å². The molecule has 1 aliphatic heterocycles. The molecule has 14 nitrogen and oxygen atoms in total. The summed E-state index contributed by atoms with van der Waals surface area (Å²) in [5, 5.41) is 21.4. The highest BCUT2D eigenvalue weighted by Crippen LogP contribution is 2.37. The second-order valence-electron chi connectivity index (χ2n) is 13.2. The maximum atomic E-state index is 12.3. The number of hydrogen-bond acceptors (Lipinski definition) is 9. The smallest absolute Gasteiger partial charge is 0.481 e. The summed E-state index contributed by atoms with van der Waals surface area (Å²) in [5.74, 6) is -0.605. The van der Waals surface area contributed by atoms with E-state index in [0.29, 0.717) is 25.8 Å². The number of carbonyl (C=O) groups is 2. The number of ether oxygens (including phenoxy) is 2. The Morgan fingerprint density at radius 1 is 0.800 bits per heavy atom. The summed E-state index contributed by atoms with van der Waals surface area (Å²) in [4.78, 5) is 58.0. The molecular formula is C35H61N3O11P+. The fourth-order valence-electron chi connectivity index (χ4n) is 6.27. The molecule has 0 bridgehead atoms. The van der Waals surface area contributed by atoms with Crippen LogP contribution in [0.1, 0.15) is 147 Å². The van der Waals surface area contributed by atoms with E-state index in [0.717, 1.165) is 62.0 Å². The van der Waals surface area contributed by atoms with E-state index in [2.05, 4.69) is 10.3 Å². The Hall–Kier alpha value is -2.48. The largest absolute Gasteiger partial charge is 0.695 e. The number of nitrogens with zero attached hydrogens (tertiary/aromatic N) is 1. The number of amides is 1. The molecule has 0 aromatic carbocycles. The summed E-state index contributed by atoms with van der Waals surface area (Å²) >= 11 is 0. The predicted octanol–water partition coefficient (Wildman–Crippen LogP) is 5.63. The van der Waals surface area contributed by atoms with Gasteiger partial charge in [0.2, 0.25) is 5.91 Å². The van der Waals surface area contributed by atoms with Gasteiger partial charge in [0, 0.05) is 42.8 Å². The van der Waals surface area contributed by atoms with Crippen LogP contribution in [0.4, 0.5) is 0 Å². The topological polar surface area (TPSA) is 206 Å². The minimum atomic E-state index is -3.03. The van der Waals surface area contributed by atoms with Gasteiger partial charge in [-0.2, -0.15) is 0 Å². The minimum absolute atomic E-state index is 0.0861. The second kappa shape index (κ2) is 27.2. The third-order valence-electron chi connectivity index (χ3n) is 9.05. The number of aliphatic carboxylic acids is 1. The number of hydrogen-bond donors (Lipinski definition) is 5. The lowest BCUT2D eigenvalue weighted by atomic mass is 10.0. The van der Waals surface area contributed by atoms with Crippen LogP contribution in [0.15, 0.2) is 21.9 Å². The number of nitrogens with one attached hydrogen (secondary N) is 2. The van der Waals surface area contributed by atoms with Crippen LogP contribution in [-0.2, 0) is 28.2 Å². The zero-order chi connectivity index (χ0) is 36.4. The minimum Gasteiger partial charge on any atom is -0.481 e. The van der Waals surface area contributed by atoms with Gasteiger partial charge in [-0.3, -0.25) is 23.9 Å². The van der Waals surface area contributed by atoms with Crippen molar-refractivity contribution in [3.8, 4) is 0 Å². The van der Waals surface area contributed by atoms with Crippen LogP contribution in [0.5, 0.6) is 0 Å². The molecule has 1 saturated heterocycles. The quantitative estimate of drug-likeness (QED) is 0.0468. The van der Waals surface area contributed by atoms with Crippen LogP contribution in [-0.4, -0.2) is 74.6 Å². The van der Waals surface area contributed by atoms with Crippen molar-refractivity contribution in [2.75, 3.05) is 19.8 Å². The van der Waals surface area contributed by atoms with Crippen molar-refractivity contribution in [3.63, 3.8) is 0 Å². The van der Waals surface area contributed by atoms with Crippen molar-refractivity contribution < 1.29 is 43.3 Å². The number of carboxylic acids is 1. The van der Waals surface area contributed by atoms with Crippen molar-refractivity contribution in [3.05, 3.63) is 33.1 Å². The molecule has 5 atom stereocenters. The molecule has 5 N–H and O–H groups in total. The molecule has 1 amide bonds. The second-order valence-corrected chi connectivity index (χ2v) is 13.9. The first-order chi connectivity index (χ1) is 24.2. The third-order valence-corrected chi connectivity index (χ3v) is 9.47. The molecule has 0 saturated carbocycles. The Bertz CT molecular complexity index is 1210. The zero-order valence-electron chi connectivity index (χ0n) is 29.6. The first kappa shape index (κ1) is 43.7. The summed E-state index contributed by atoms with van der Waals surface area (Å²) in [5.41, 5.74) is -1.33. The van der Waals surface area contributed by atoms with Gasteiger partial charge in [-0.05, 0) is 25.7 Å². The molecule has 2 rings (SSSR count). The highest BCUT2D eigenvalue weighted by molar-refractivity contribution is 7.32. The monoisotopic (exact) mass is 730 g/mol. The van der Waals surface area contributed by atoms with Crippen LogP contribution < -0.4 is 16.6 Å². The molecule has 286 valence electrons. The Balaban J connectivity index is 1.44. The SMILES string of the molecule is O=C(O)CCCCCCCCCCCCCCCCCCC(=O)NCCCCCCO[C@H]1C(O[P+](=O)O)[C@@H](CO)O[C@H]1n1ccc(=O)[nH]c1=O. The van der Waals surface area contributed by atoms with Gasteiger partial charge in [0.1, 0.15) is 12.2 Å². The summed E-state index contributed by atoms with van der Waals surface area (Å²) in [7, 11) is -3.03. The Kier molecular flexibility index (Phi) is 23.8. The molecule has 50 heavy (non-hydrogen) atoms. The highest BCUT2D eigenvalue weighted by Gasteiger charge is 2.51. The molecule has 1 aliphatic rings. The molecule has 1 fully saturated rings. The van der Waals surface area contributed by atoms with E-state index in [1.807, 2.05) is 0 Å². The number of unbranched alkanes of at least 4 members (excludes halogenated alkanes) is 18. The molecule has 2 unspecified atom stereocenters. The van der Waals surface area contributed by atoms with E-state index in [1.54, 1.807) is 0 Å². The molecule has 1 aromatic rings. The number of aromatic nitrogens is 2. The Morgan fingerprint density at radius 2 is 1.32 bits per heavy atom. The average Bonchev–Trinajstić information content (AvgIpc) is 3.40. The number of aliphatic hydroxyl groups excluding tert-OH is 1. The summed E-state index contributed by atoms with van der Waals surface area (Å²) in [6.07, 6.45) is 20.0. The van der Waals surface area contributed by atoms with Crippen molar-refractivity contribution in [2.45, 2.75) is 166 Å². The number of carbonyl (C=O) groups excluding carboxylic acids is 1. The lowest BCUT2D eigenvalue weighted by Crippen LogP contribution is -2.40. The van der Waals surface area contributed by atoms with E-state index >= 15 is 0 Å². The number of aromatic amines is 1. The van der Waals surface area contributed by atoms with Gasteiger partial charge in [0.15, 0.2) is 12.3 Å². The van der Waals surface area contributed by atoms with Crippen LogP contribution in [0, 0.1) is 0 Å². The van der Waals surface area contributed by atoms with Crippen LogP contribution in [0.2, 0.25) is 0 Å². The van der Waals surface area contributed by atoms with Crippen molar-refractivity contribution in [1.29, 1.82) is 0 Å². The molecular weight excluding hydrogens is 669 g/mol. The summed E-state index contributed by atoms with van der Waals surface area (Å²) in [6.45, 7) is 0.328. The van der Waals surface area contributed by atoms with Crippen molar-refractivity contribution in [2.24, 2.45) is 0 Å². The molecule has 2 heterocycles. The molecule has 0 radical (unpaired) electrons. The van der Waals surface area contributed by atoms with Gasteiger partial charge in [-0.25, -0.2) is 4.79 Å². The number of rotatable bonds is 31. The number of aliphatic hydroxyl groups is 1. The van der Waals surface area contributed by atoms with E-state index in [4.69, 9.17) is 19.1 Å². The van der Waals surface area contributed by atoms with Crippen LogP contribution in [0.3, 0.4) is 0 Å².